The molecule has 0 unspecified atom stereocenters. The van der Waals surface area contributed by atoms with Crippen molar-refractivity contribution in [3.8, 4) is 0 Å². The summed E-state index contributed by atoms with van der Waals surface area (Å²) >= 11 is 0. The molecule has 6 heteroatoms. The van der Waals surface area contributed by atoms with Crippen LogP contribution in [0.4, 0.5) is 0 Å². The maximum Gasteiger partial charge on any atom is 0.264 e. The van der Waals surface area contributed by atoms with Gasteiger partial charge in [0.15, 0.2) is 0 Å². The number of carbonyl (C=O) groups is 1. The Labute approximate surface area is 148 Å². The summed E-state index contributed by atoms with van der Waals surface area (Å²) in [5.41, 5.74) is 0.425. The molecule has 25 heavy (non-hydrogen) atoms. The van der Waals surface area contributed by atoms with Crippen molar-refractivity contribution < 1.29 is 4.79 Å². The summed E-state index contributed by atoms with van der Waals surface area (Å²) in [6.07, 6.45) is 3.54. The van der Waals surface area contributed by atoms with E-state index in [4.69, 9.17) is 0 Å². The Balaban J connectivity index is 2.04. The summed E-state index contributed by atoms with van der Waals surface area (Å²) in [4.78, 5) is 31.5. The Kier molecular flexibility index (Phi) is 6.70. The lowest BCUT2D eigenvalue weighted by Gasteiger charge is -2.19. The van der Waals surface area contributed by atoms with Crippen LogP contribution in [0.1, 0.15) is 44.0 Å². The van der Waals surface area contributed by atoms with Crippen molar-refractivity contribution in [3.05, 3.63) is 40.3 Å². The highest BCUT2D eigenvalue weighted by atomic mass is 16.2. The summed E-state index contributed by atoms with van der Waals surface area (Å²) in [5.74, 6) is -0.318. The average molecular weight is 344 g/mol. The van der Waals surface area contributed by atoms with Gasteiger partial charge in [0.1, 0.15) is 11.2 Å². The van der Waals surface area contributed by atoms with E-state index >= 15 is 0 Å². The molecule has 1 atom stereocenters. The van der Waals surface area contributed by atoms with Gasteiger partial charge in [0.2, 0.25) is 0 Å². The first-order valence-electron chi connectivity index (χ1n) is 8.95. The number of aromatic nitrogens is 2. The number of hydrogen-bond acceptors (Lipinski definition) is 4. The number of rotatable bonds is 8. The van der Waals surface area contributed by atoms with Gasteiger partial charge in [-0.05, 0) is 57.6 Å². The second kappa shape index (κ2) is 8.76. The first-order chi connectivity index (χ1) is 12.0. The van der Waals surface area contributed by atoms with Crippen LogP contribution in [0.15, 0.2) is 29.2 Å². The summed E-state index contributed by atoms with van der Waals surface area (Å²) < 4.78 is 1.43. The molecule has 0 aromatic carbocycles. The van der Waals surface area contributed by atoms with Gasteiger partial charge in [-0.25, -0.2) is 4.98 Å². The number of carbonyl (C=O) groups excluding carboxylic acids is 1. The minimum absolute atomic E-state index is 0.0253. The van der Waals surface area contributed by atoms with E-state index in [2.05, 4.69) is 29.0 Å². The first kappa shape index (κ1) is 19.1. The molecule has 2 aromatic heterocycles. The van der Waals surface area contributed by atoms with Crippen molar-refractivity contribution in [2.45, 2.75) is 39.7 Å². The monoisotopic (exact) mass is 344 g/mol. The molecular weight excluding hydrogens is 316 g/mol. The van der Waals surface area contributed by atoms with Crippen LogP contribution in [-0.4, -0.2) is 46.0 Å². The lowest BCUT2D eigenvalue weighted by molar-refractivity contribution is 0.0935. The largest absolute Gasteiger partial charge is 0.349 e. The van der Waals surface area contributed by atoms with Crippen LogP contribution in [0.25, 0.3) is 11.0 Å². The molecule has 1 amide bonds. The van der Waals surface area contributed by atoms with E-state index in [1.54, 1.807) is 25.4 Å². The molecule has 0 aliphatic carbocycles. The predicted octanol–water partition coefficient (Wildman–Crippen LogP) is 2.17. The molecule has 2 rings (SSSR count). The van der Waals surface area contributed by atoms with Crippen LogP contribution in [0, 0.1) is 0 Å². The van der Waals surface area contributed by atoms with Gasteiger partial charge < -0.3 is 10.2 Å². The second-order valence-electron chi connectivity index (χ2n) is 6.38. The fourth-order valence-electron chi connectivity index (χ4n) is 2.99. The number of amides is 1. The number of fused-ring (bicyclic) bond motifs is 1. The van der Waals surface area contributed by atoms with Crippen LogP contribution < -0.4 is 10.9 Å². The summed E-state index contributed by atoms with van der Waals surface area (Å²) in [5, 5.41) is 3.73. The Morgan fingerprint density at radius 3 is 2.76 bits per heavy atom. The highest BCUT2D eigenvalue weighted by Gasteiger charge is 2.16. The van der Waals surface area contributed by atoms with Crippen molar-refractivity contribution >= 4 is 16.9 Å². The lowest BCUT2D eigenvalue weighted by Crippen LogP contribution is -2.37. The maximum atomic E-state index is 12.5. The van der Waals surface area contributed by atoms with Gasteiger partial charge in [-0.15, -0.1) is 0 Å². The second-order valence-corrected chi connectivity index (χ2v) is 6.38. The summed E-state index contributed by atoms with van der Waals surface area (Å²) in [6.45, 7) is 9.39. The molecule has 0 saturated heterocycles. The number of nitrogens with one attached hydrogen (secondary N) is 1. The molecule has 0 saturated carbocycles. The molecule has 136 valence electrons. The SMILES string of the molecule is CCN(CC)CCC[C@@H](C)NC(=O)c1cc2cccnc2n(C)c1=O. The molecular formula is C19H28N4O2. The van der Waals surface area contributed by atoms with E-state index in [1.165, 1.54) is 4.57 Å². The van der Waals surface area contributed by atoms with Gasteiger partial charge in [0, 0.05) is 24.7 Å². The van der Waals surface area contributed by atoms with Crippen LogP contribution >= 0.6 is 0 Å². The third kappa shape index (κ3) is 4.66. The van der Waals surface area contributed by atoms with Crippen LogP contribution in [-0.2, 0) is 7.05 Å². The van der Waals surface area contributed by atoms with Crippen LogP contribution in [0.3, 0.4) is 0 Å². The molecule has 2 aromatic rings. The third-order valence-corrected chi connectivity index (χ3v) is 4.60. The molecule has 0 aliphatic rings. The van der Waals surface area contributed by atoms with Crippen molar-refractivity contribution in [2.24, 2.45) is 7.05 Å². The zero-order chi connectivity index (χ0) is 18.4. The first-order valence-corrected chi connectivity index (χ1v) is 8.95. The van der Waals surface area contributed by atoms with Crippen molar-refractivity contribution in [2.75, 3.05) is 19.6 Å². The van der Waals surface area contributed by atoms with Gasteiger partial charge >= 0.3 is 0 Å². The van der Waals surface area contributed by atoms with Gasteiger partial charge in [0.05, 0.1) is 0 Å². The quantitative estimate of drug-likeness (QED) is 0.797. The fraction of sp³-hybridized carbons (Fsp3) is 0.526. The van der Waals surface area contributed by atoms with Crippen molar-refractivity contribution in [3.63, 3.8) is 0 Å². The van der Waals surface area contributed by atoms with E-state index in [1.807, 2.05) is 13.0 Å². The highest BCUT2D eigenvalue weighted by molar-refractivity contribution is 5.97. The van der Waals surface area contributed by atoms with Crippen LogP contribution in [0.2, 0.25) is 0 Å². The number of nitrogens with zero attached hydrogens (tertiary/aromatic N) is 3. The van der Waals surface area contributed by atoms with Gasteiger partial charge in [0.25, 0.3) is 11.5 Å². The Hall–Kier alpha value is -2.21. The molecule has 0 fully saturated rings. The summed E-state index contributed by atoms with van der Waals surface area (Å²) in [6, 6.07) is 5.30. The minimum Gasteiger partial charge on any atom is -0.349 e. The molecule has 1 N–H and O–H groups in total. The predicted molar refractivity (Wildman–Crippen MR) is 101 cm³/mol. The Morgan fingerprint density at radius 1 is 1.36 bits per heavy atom. The topological polar surface area (TPSA) is 67.2 Å². The Morgan fingerprint density at radius 2 is 2.08 bits per heavy atom. The molecule has 2 heterocycles. The average Bonchev–Trinajstić information content (AvgIpc) is 2.61. The molecule has 0 bridgehead atoms. The smallest absolute Gasteiger partial charge is 0.264 e. The summed E-state index contributed by atoms with van der Waals surface area (Å²) in [7, 11) is 1.64. The zero-order valence-electron chi connectivity index (χ0n) is 15.6. The molecule has 0 aliphatic heterocycles. The van der Waals surface area contributed by atoms with Crippen molar-refractivity contribution in [1.29, 1.82) is 0 Å². The zero-order valence-corrected chi connectivity index (χ0v) is 15.6. The molecule has 0 spiro atoms. The van der Waals surface area contributed by atoms with Gasteiger partial charge in [-0.3, -0.25) is 14.2 Å². The minimum atomic E-state index is -0.320. The van der Waals surface area contributed by atoms with Crippen molar-refractivity contribution in [1.82, 2.24) is 19.8 Å². The third-order valence-electron chi connectivity index (χ3n) is 4.60. The molecule has 0 radical (unpaired) electrons. The van der Waals surface area contributed by atoms with E-state index in [0.29, 0.717) is 5.65 Å². The number of hydrogen-bond donors (Lipinski definition) is 1. The van der Waals surface area contributed by atoms with E-state index in [-0.39, 0.29) is 23.1 Å². The number of pyridine rings is 2. The van der Waals surface area contributed by atoms with Gasteiger partial charge in [-0.2, -0.15) is 0 Å². The Bertz CT molecular complexity index is 781. The van der Waals surface area contributed by atoms with Gasteiger partial charge in [-0.1, -0.05) is 13.8 Å². The van der Waals surface area contributed by atoms with E-state index < -0.39 is 0 Å². The lowest BCUT2D eigenvalue weighted by atomic mass is 10.1. The standard InChI is InChI=1S/C19H28N4O2/c1-5-23(6-2)12-8-9-14(3)21-18(24)16-13-15-10-7-11-20-17(15)22(4)19(16)25/h7,10-11,13-14H,5-6,8-9,12H2,1-4H3,(H,21,24)/t14-/m1/s1. The van der Waals surface area contributed by atoms with E-state index in [0.717, 1.165) is 37.9 Å². The number of aryl methyl sites for hydroxylation is 1. The van der Waals surface area contributed by atoms with E-state index in [9.17, 15) is 9.59 Å². The van der Waals surface area contributed by atoms with Crippen LogP contribution in [0.5, 0.6) is 0 Å². The highest BCUT2D eigenvalue weighted by Crippen LogP contribution is 2.10. The normalized spacial score (nSPS) is 12.5. The molecule has 6 nitrogen and oxygen atoms in total. The fourth-order valence-corrected chi connectivity index (χ4v) is 2.99. The maximum absolute atomic E-state index is 12.5.